The molecule has 8 heteroatoms. The van der Waals surface area contributed by atoms with Gasteiger partial charge in [0.05, 0.1) is 13.2 Å². The van der Waals surface area contributed by atoms with Gasteiger partial charge < -0.3 is 25.2 Å². The first kappa shape index (κ1) is 19.1. The Balaban J connectivity index is 1.60. The molecule has 2 N–H and O–H groups in total. The van der Waals surface area contributed by atoms with Gasteiger partial charge >= 0.3 is 0 Å². The largest absolute Gasteiger partial charge is 0.383 e. The van der Waals surface area contributed by atoms with Gasteiger partial charge in [-0.2, -0.15) is 0 Å². The maximum Gasteiger partial charge on any atom is 0.233 e. The number of ether oxygens (including phenoxy) is 1. The Morgan fingerprint density at radius 3 is 2.68 bits per heavy atom. The summed E-state index contributed by atoms with van der Waals surface area (Å²) in [6.07, 6.45) is 2.10. The average Bonchev–Trinajstić information content (AvgIpc) is 2.66. The van der Waals surface area contributed by atoms with E-state index in [2.05, 4.69) is 20.5 Å². The summed E-state index contributed by atoms with van der Waals surface area (Å²) in [5, 5.41) is 5.72. The maximum absolute atomic E-state index is 12.2. The third-order valence-electron chi connectivity index (χ3n) is 4.04. The molecule has 1 aliphatic heterocycles. The Labute approximate surface area is 148 Å². The minimum Gasteiger partial charge on any atom is -0.383 e. The van der Waals surface area contributed by atoms with Crippen molar-refractivity contribution in [1.82, 2.24) is 20.5 Å². The van der Waals surface area contributed by atoms with Crippen LogP contribution in [0, 0.1) is 0 Å². The predicted molar refractivity (Wildman–Crippen MR) is 95.4 cm³/mol. The number of nitrogens with zero attached hydrogens (tertiary/aromatic N) is 3. The molecule has 25 heavy (non-hydrogen) atoms. The second-order valence-electron chi connectivity index (χ2n) is 5.83. The standard InChI is InChI=1S/C17H27N5O3/c1-25-13-8-18-14-16(23)20-7-5-17(24)22-11-9-21(10-12-22)15-4-2-3-6-19-15/h2-4,6,18H,5,7-14H2,1H3,(H,20,23). The maximum atomic E-state index is 12.2. The number of methoxy groups -OCH3 is 1. The van der Waals surface area contributed by atoms with Crippen molar-refractivity contribution in [2.75, 3.05) is 64.4 Å². The van der Waals surface area contributed by atoms with Gasteiger partial charge in [0, 0.05) is 59.0 Å². The van der Waals surface area contributed by atoms with E-state index >= 15 is 0 Å². The molecule has 0 bridgehead atoms. The van der Waals surface area contributed by atoms with Gasteiger partial charge in [-0.15, -0.1) is 0 Å². The fraction of sp³-hybridized carbons (Fsp3) is 0.588. The van der Waals surface area contributed by atoms with Crippen molar-refractivity contribution < 1.29 is 14.3 Å². The van der Waals surface area contributed by atoms with Crippen molar-refractivity contribution in [3.05, 3.63) is 24.4 Å². The van der Waals surface area contributed by atoms with E-state index in [1.165, 1.54) is 0 Å². The number of hydrogen-bond donors (Lipinski definition) is 2. The first-order valence-electron chi connectivity index (χ1n) is 8.61. The summed E-state index contributed by atoms with van der Waals surface area (Å²) in [7, 11) is 1.61. The smallest absolute Gasteiger partial charge is 0.233 e. The summed E-state index contributed by atoms with van der Waals surface area (Å²) in [5.41, 5.74) is 0. The number of pyridine rings is 1. The molecule has 1 aliphatic rings. The second kappa shape index (κ2) is 10.6. The molecule has 2 heterocycles. The number of nitrogens with one attached hydrogen (secondary N) is 2. The second-order valence-corrected chi connectivity index (χ2v) is 5.83. The molecule has 2 amide bonds. The van der Waals surface area contributed by atoms with Crippen LogP contribution >= 0.6 is 0 Å². The highest BCUT2D eigenvalue weighted by Crippen LogP contribution is 2.12. The summed E-state index contributed by atoms with van der Waals surface area (Å²) < 4.78 is 4.89. The lowest BCUT2D eigenvalue weighted by Crippen LogP contribution is -2.49. The van der Waals surface area contributed by atoms with Gasteiger partial charge in [-0.25, -0.2) is 4.98 Å². The van der Waals surface area contributed by atoms with Crippen molar-refractivity contribution in [2.24, 2.45) is 0 Å². The quantitative estimate of drug-likeness (QED) is 0.583. The van der Waals surface area contributed by atoms with Crippen molar-refractivity contribution >= 4 is 17.6 Å². The Morgan fingerprint density at radius 2 is 2.00 bits per heavy atom. The lowest BCUT2D eigenvalue weighted by atomic mass is 10.2. The molecule has 1 aromatic heterocycles. The van der Waals surface area contributed by atoms with E-state index in [-0.39, 0.29) is 18.4 Å². The Morgan fingerprint density at radius 1 is 1.20 bits per heavy atom. The number of amides is 2. The van der Waals surface area contributed by atoms with Crippen molar-refractivity contribution in [2.45, 2.75) is 6.42 Å². The third-order valence-corrected chi connectivity index (χ3v) is 4.04. The molecule has 0 radical (unpaired) electrons. The molecule has 1 fully saturated rings. The number of hydrogen-bond acceptors (Lipinski definition) is 6. The van der Waals surface area contributed by atoms with Crippen LogP contribution in [0.25, 0.3) is 0 Å². The summed E-state index contributed by atoms with van der Waals surface area (Å²) in [4.78, 5) is 32.2. The molecule has 0 atom stereocenters. The van der Waals surface area contributed by atoms with Crippen LogP contribution in [0.5, 0.6) is 0 Å². The van der Waals surface area contributed by atoms with Gasteiger partial charge in [0.2, 0.25) is 11.8 Å². The summed E-state index contributed by atoms with van der Waals surface area (Å²) in [5.74, 6) is 0.917. The third kappa shape index (κ3) is 6.67. The Kier molecular flexibility index (Phi) is 8.14. The van der Waals surface area contributed by atoms with Gasteiger partial charge in [0.1, 0.15) is 5.82 Å². The molecule has 0 unspecified atom stereocenters. The fourth-order valence-electron chi connectivity index (χ4n) is 2.63. The van der Waals surface area contributed by atoms with Crippen LogP contribution < -0.4 is 15.5 Å². The van der Waals surface area contributed by atoms with Crippen molar-refractivity contribution in [3.8, 4) is 0 Å². The monoisotopic (exact) mass is 349 g/mol. The van der Waals surface area contributed by atoms with Crippen LogP contribution in [0.4, 0.5) is 5.82 Å². The number of anilines is 1. The van der Waals surface area contributed by atoms with Gasteiger partial charge in [-0.1, -0.05) is 6.07 Å². The fourth-order valence-corrected chi connectivity index (χ4v) is 2.63. The summed E-state index contributed by atoms with van der Waals surface area (Å²) >= 11 is 0. The van der Waals surface area contributed by atoms with Gasteiger partial charge in [-0.3, -0.25) is 9.59 Å². The summed E-state index contributed by atoms with van der Waals surface area (Å²) in [6.45, 7) is 4.71. The molecule has 1 saturated heterocycles. The van der Waals surface area contributed by atoms with Crippen LogP contribution in [-0.2, 0) is 14.3 Å². The molecular weight excluding hydrogens is 322 g/mol. The molecule has 1 aromatic rings. The van der Waals surface area contributed by atoms with E-state index in [9.17, 15) is 9.59 Å². The normalized spacial score (nSPS) is 14.4. The Bertz CT molecular complexity index is 532. The highest BCUT2D eigenvalue weighted by molar-refractivity contribution is 5.80. The van der Waals surface area contributed by atoms with Crippen LogP contribution in [0.1, 0.15) is 6.42 Å². The zero-order valence-electron chi connectivity index (χ0n) is 14.7. The van der Waals surface area contributed by atoms with E-state index in [1.54, 1.807) is 13.3 Å². The molecule has 8 nitrogen and oxygen atoms in total. The molecule has 0 aromatic carbocycles. The highest BCUT2D eigenvalue weighted by atomic mass is 16.5. The van der Waals surface area contributed by atoms with E-state index in [1.807, 2.05) is 23.1 Å². The predicted octanol–water partition coefficient (Wildman–Crippen LogP) is -0.527. The molecule has 0 saturated carbocycles. The molecular formula is C17H27N5O3. The van der Waals surface area contributed by atoms with Gasteiger partial charge in [0.25, 0.3) is 0 Å². The molecule has 0 spiro atoms. The zero-order chi connectivity index (χ0) is 17.9. The van der Waals surface area contributed by atoms with E-state index in [0.717, 1.165) is 18.9 Å². The first-order valence-corrected chi connectivity index (χ1v) is 8.61. The number of rotatable bonds is 9. The number of piperazine rings is 1. The zero-order valence-corrected chi connectivity index (χ0v) is 14.7. The minimum atomic E-state index is -0.108. The highest BCUT2D eigenvalue weighted by Gasteiger charge is 2.21. The molecule has 138 valence electrons. The van der Waals surface area contributed by atoms with Crippen LogP contribution in [0.15, 0.2) is 24.4 Å². The molecule has 2 rings (SSSR count). The lowest BCUT2D eigenvalue weighted by Gasteiger charge is -2.35. The lowest BCUT2D eigenvalue weighted by molar-refractivity contribution is -0.131. The van der Waals surface area contributed by atoms with Gasteiger partial charge in [-0.05, 0) is 12.1 Å². The van der Waals surface area contributed by atoms with E-state index in [0.29, 0.717) is 39.2 Å². The van der Waals surface area contributed by atoms with E-state index in [4.69, 9.17) is 4.74 Å². The number of aromatic nitrogens is 1. The number of carbonyl (C=O) groups is 2. The SMILES string of the molecule is COCCNCC(=O)NCCC(=O)N1CCN(c2ccccn2)CC1. The average molecular weight is 349 g/mol. The van der Waals surface area contributed by atoms with Crippen molar-refractivity contribution in [3.63, 3.8) is 0 Å². The topological polar surface area (TPSA) is 86.8 Å². The van der Waals surface area contributed by atoms with Crippen molar-refractivity contribution in [1.29, 1.82) is 0 Å². The van der Waals surface area contributed by atoms with Crippen LogP contribution in [0.2, 0.25) is 0 Å². The van der Waals surface area contributed by atoms with E-state index < -0.39 is 0 Å². The summed E-state index contributed by atoms with van der Waals surface area (Å²) in [6, 6.07) is 5.84. The van der Waals surface area contributed by atoms with Gasteiger partial charge in [0.15, 0.2) is 0 Å². The molecule has 0 aliphatic carbocycles. The Hall–Kier alpha value is -2.19. The van der Waals surface area contributed by atoms with Crippen LogP contribution in [-0.4, -0.2) is 81.2 Å². The minimum absolute atomic E-state index is 0.0771. The van der Waals surface area contributed by atoms with Crippen LogP contribution in [0.3, 0.4) is 0 Å². The first-order chi connectivity index (χ1) is 12.2. The number of carbonyl (C=O) groups excluding carboxylic acids is 2.